The van der Waals surface area contributed by atoms with Crippen molar-refractivity contribution in [2.75, 3.05) is 0 Å². The van der Waals surface area contributed by atoms with Gasteiger partial charge in [-0.1, -0.05) is 71.1 Å². The number of rotatable bonds is 15. The van der Waals surface area contributed by atoms with Gasteiger partial charge in [0.2, 0.25) is 10.4 Å². The smallest absolute Gasteiger partial charge is 0.725 e. The van der Waals surface area contributed by atoms with Crippen LogP contribution in [0.1, 0.15) is 91.4 Å². The minimum Gasteiger partial charge on any atom is -0.725 e. The van der Waals surface area contributed by atoms with Gasteiger partial charge in [0.1, 0.15) is 0 Å². The Balaban J connectivity index is 0. The molecule has 0 aromatic carbocycles. The van der Waals surface area contributed by atoms with Crippen LogP contribution < -0.4 is 29.6 Å². The molecule has 0 heterocycles. The Hall–Kier alpha value is 0.830. The predicted octanol–water partition coefficient (Wildman–Crippen LogP) is 1.53. The second-order valence-electron chi connectivity index (χ2n) is 5.99. The van der Waals surface area contributed by atoms with Crippen LogP contribution in [0.5, 0.6) is 0 Å². The molecule has 0 aromatic rings. The molecule has 0 bridgehead atoms. The first-order valence-corrected chi connectivity index (χ1v) is 9.98. The summed E-state index contributed by atoms with van der Waals surface area (Å²) < 4.78 is 40.7. The molecule has 0 rings (SSSR count). The van der Waals surface area contributed by atoms with Gasteiger partial charge in [-0.2, -0.15) is 0 Å². The third-order valence-electron chi connectivity index (χ3n) is 3.64. The molecule has 0 saturated carbocycles. The van der Waals surface area contributed by atoms with Gasteiger partial charge >= 0.3 is 29.6 Å². The zero-order valence-electron chi connectivity index (χ0n) is 15.4. The average Bonchev–Trinajstić information content (AvgIpc) is 2.38. The summed E-state index contributed by atoms with van der Waals surface area (Å²) in [7, 11) is -4.69. The fourth-order valence-electron chi connectivity index (χ4n) is 2.50. The molecule has 7 heteroatoms. The number of hydrogen-bond donors (Lipinski definition) is 0. The SMILES string of the molecule is CCCCCCCCCCCCC(C)OC(C)OS(=O)(=O)[O-].[Na+]. The van der Waals surface area contributed by atoms with Crippen molar-refractivity contribution in [3.63, 3.8) is 0 Å². The zero-order chi connectivity index (χ0) is 16.8. The van der Waals surface area contributed by atoms with Crippen molar-refractivity contribution in [3.8, 4) is 0 Å². The van der Waals surface area contributed by atoms with Crippen LogP contribution in [0.15, 0.2) is 0 Å². The first kappa shape index (κ1) is 26.1. The van der Waals surface area contributed by atoms with E-state index in [1.807, 2.05) is 6.92 Å². The normalized spacial score (nSPS) is 14.3. The molecule has 0 aliphatic carbocycles. The molecule has 0 aromatic heterocycles. The van der Waals surface area contributed by atoms with Gasteiger partial charge in [-0.05, 0) is 20.3 Å². The van der Waals surface area contributed by atoms with E-state index in [4.69, 9.17) is 4.74 Å². The van der Waals surface area contributed by atoms with Crippen LogP contribution in [0.3, 0.4) is 0 Å². The predicted molar refractivity (Wildman–Crippen MR) is 87.3 cm³/mol. The molecule has 0 N–H and O–H groups in total. The number of hydrogen-bond acceptors (Lipinski definition) is 5. The molecule has 134 valence electrons. The van der Waals surface area contributed by atoms with E-state index in [2.05, 4.69) is 11.1 Å². The van der Waals surface area contributed by atoms with Crippen LogP contribution in [0.2, 0.25) is 0 Å². The Morgan fingerprint density at radius 3 is 1.74 bits per heavy atom. The topological polar surface area (TPSA) is 75.7 Å². The van der Waals surface area contributed by atoms with Crippen LogP contribution in [-0.2, 0) is 19.3 Å². The molecule has 0 amide bonds. The molecule has 5 nitrogen and oxygen atoms in total. The summed E-state index contributed by atoms with van der Waals surface area (Å²) in [6.07, 6.45) is 12.5. The van der Waals surface area contributed by atoms with Gasteiger partial charge in [0.15, 0.2) is 6.29 Å². The van der Waals surface area contributed by atoms with E-state index in [1.165, 1.54) is 58.3 Å². The van der Waals surface area contributed by atoms with Gasteiger partial charge in [-0.3, -0.25) is 0 Å². The van der Waals surface area contributed by atoms with Gasteiger partial charge in [-0.15, -0.1) is 0 Å². The van der Waals surface area contributed by atoms with E-state index in [1.54, 1.807) is 0 Å². The minimum atomic E-state index is -4.69. The Kier molecular flexibility index (Phi) is 18.5. The average molecular weight is 360 g/mol. The first-order chi connectivity index (χ1) is 10.3. The quantitative estimate of drug-likeness (QED) is 0.146. The van der Waals surface area contributed by atoms with Gasteiger partial charge in [0.05, 0.1) is 6.10 Å². The second kappa shape index (κ2) is 16.3. The van der Waals surface area contributed by atoms with Gasteiger partial charge in [0.25, 0.3) is 0 Å². The molecule has 0 radical (unpaired) electrons. The third kappa shape index (κ3) is 20.8. The second-order valence-corrected chi connectivity index (χ2v) is 7.00. The van der Waals surface area contributed by atoms with Crippen molar-refractivity contribution in [2.45, 2.75) is 104 Å². The fourth-order valence-corrected chi connectivity index (χ4v) is 2.88. The molecule has 0 aliphatic rings. The van der Waals surface area contributed by atoms with Gasteiger partial charge in [0, 0.05) is 0 Å². The van der Waals surface area contributed by atoms with E-state index in [9.17, 15) is 13.0 Å². The zero-order valence-corrected chi connectivity index (χ0v) is 18.2. The molecular formula is C16H33NaO5S. The summed E-state index contributed by atoms with van der Waals surface area (Å²) in [4.78, 5) is 0. The molecular weight excluding hydrogens is 327 g/mol. The van der Waals surface area contributed by atoms with Crippen molar-refractivity contribution >= 4 is 10.4 Å². The summed E-state index contributed by atoms with van der Waals surface area (Å²) in [5.41, 5.74) is 0. The molecule has 2 unspecified atom stereocenters. The van der Waals surface area contributed by atoms with E-state index in [0.29, 0.717) is 0 Å². The summed E-state index contributed by atoms with van der Waals surface area (Å²) in [6, 6.07) is 0. The van der Waals surface area contributed by atoms with Crippen molar-refractivity contribution in [3.05, 3.63) is 0 Å². The standard InChI is InChI=1S/C16H34O5S.Na/c1-4-5-6-7-8-9-10-11-12-13-14-15(2)20-16(3)21-22(17,18)19;/h15-16H,4-14H2,1-3H3,(H,17,18,19);/q;+1/p-1. The number of unbranched alkanes of at least 4 members (excludes halogenated alkanes) is 9. The summed E-state index contributed by atoms with van der Waals surface area (Å²) >= 11 is 0. The first-order valence-electron chi connectivity index (χ1n) is 8.64. The van der Waals surface area contributed by atoms with Crippen LogP contribution in [0.4, 0.5) is 0 Å². The van der Waals surface area contributed by atoms with Crippen LogP contribution in [0.25, 0.3) is 0 Å². The summed E-state index contributed by atoms with van der Waals surface area (Å²) in [6.45, 7) is 5.52. The molecule has 0 aliphatic heterocycles. The van der Waals surface area contributed by atoms with E-state index >= 15 is 0 Å². The van der Waals surface area contributed by atoms with Gasteiger partial charge in [-0.25, -0.2) is 12.6 Å². The Labute approximate surface area is 165 Å². The van der Waals surface area contributed by atoms with Crippen LogP contribution in [0, 0.1) is 0 Å². The molecule has 2 atom stereocenters. The third-order valence-corrected chi connectivity index (χ3v) is 4.15. The molecule has 0 fully saturated rings. The molecule has 0 saturated heterocycles. The fraction of sp³-hybridized carbons (Fsp3) is 1.00. The largest absolute Gasteiger partial charge is 1.00 e. The minimum absolute atomic E-state index is 0. The molecule has 0 spiro atoms. The Morgan fingerprint density at radius 1 is 0.870 bits per heavy atom. The van der Waals surface area contributed by atoms with Crippen molar-refractivity contribution < 1.29 is 51.4 Å². The van der Waals surface area contributed by atoms with Gasteiger partial charge < -0.3 is 9.29 Å². The monoisotopic (exact) mass is 360 g/mol. The van der Waals surface area contributed by atoms with E-state index in [-0.39, 0.29) is 35.7 Å². The van der Waals surface area contributed by atoms with Crippen molar-refractivity contribution in [2.24, 2.45) is 0 Å². The van der Waals surface area contributed by atoms with E-state index < -0.39 is 16.7 Å². The van der Waals surface area contributed by atoms with Crippen molar-refractivity contribution in [1.82, 2.24) is 0 Å². The Bertz CT molecular complexity index is 348. The Morgan fingerprint density at radius 2 is 1.30 bits per heavy atom. The molecule has 23 heavy (non-hydrogen) atoms. The van der Waals surface area contributed by atoms with Crippen molar-refractivity contribution in [1.29, 1.82) is 0 Å². The van der Waals surface area contributed by atoms with Crippen LogP contribution >= 0.6 is 0 Å². The maximum absolute atomic E-state index is 10.4. The maximum Gasteiger partial charge on any atom is 1.00 e. The summed E-state index contributed by atoms with van der Waals surface area (Å²) in [5, 5.41) is 0. The summed E-state index contributed by atoms with van der Waals surface area (Å²) in [5.74, 6) is 0. The maximum atomic E-state index is 10.4. The van der Waals surface area contributed by atoms with E-state index in [0.717, 1.165) is 19.3 Å². The van der Waals surface area contributed by atoms with Crippen LogP contribution in [-0.4, -0.2) is 25.4 Å². The number of ether oxygens (including phenoxy) is 1.